The van der Waals surface area contributed by atoms with Gasteiger partial charge in [0.15, 0.2) is 0 Å². The molecule has 0 saturated carbocycles. The van der Waals surface area contributed by atoms with Gasteiger partial charge in [-0.05, 0) is 73.4 Å². The number of aliphatic hydroxyl groups excluding tert-OH is 2. The van der Waals surface area contributed by atoms with Gasteiger partial charge in [0, 0.05) is 56.8 Å². The monoisotopic (exact) mass is 468 g/mol. The third-order valence-electron chi connectivity index (χ3n) is 8.88. The number of rotatable bonds is 7. The Morgan fingerprint density at radius 3 is 2.18 bits per heavy atom. The molecule has 6 heteroatoms. The number of piperidine rings is 6. The fraction of sp³-hybridized carbons (Fsp3) is 0.714. The van der Waals surface area contributed by atoms with Crippen LogP contribution in [0.2, 0.25) is 0 Å². The van der Waals surface area contributed by atoms with Gasteiger partial charge in [-0.3, -0.25) is 9.80 Å². The van der Waals surface area contributed by atoms with Gasteiger partial charge in [-0.15, -0.1) is 0 Å². The SMILES string of the molecule is COCc1cc(COC)c(C#C[C@H]2CN3CC[C@H]2C[C@@H]3CO)c([C@H]2CN3CC[C@H]2C[C@@H]3CO)c1. The molecule has 8 atom stereocenters. The summed E-state index contributed by atoms with van der Waals surface area (Å²) in [6.07, 6.45) is 4.49. The Bertz CT molecular complexity index is 925. The lowest BCUT2D eigenvalue weighted by Crippen LogP contribution is -2.54. The summed E-state index contributed by atoms with van der Waals surface area (Å²) in [5.41, 5.74) is 4.83. The van der Waals surface area contributed by atoms with Crippen LogP contribution in [-0.2, 0) is 22.7 Å². The Labute approximate surface area is 204 Å². The highest BCUT2D eigenvalue weighted by Gasteiger charge is 2.42. The molecule has 6 saturated heterocycles. The van der Waals surface area contributed by atoms with Crippen LogP contribution in [0.3, 0.4) is 0 Å². The molecule has 1 aromatic rings. The zero-order valence-electron chi connectivity index (χ0n) is 20.7. The van der Waals surface area contributed by atoms with E-state index in [0.717, 1.165) is 50.1 Å². The second-order valence-corrected chi connectivity index (χ2v) is 10.8. The Morgan fingerprint density at radius 1 is 0.912 bits per heavy atom. The third-order valence-corrected chi connectivity index (χ3v) is 8.88. The highest BCUT2D eigenvalue weighted by molar-refractivity contribution is 5.52. The molecule has 6 heterocycles. The van der Waals surface area contributed by atoms with Crippen molar-refractivity contribution in [1.29, 1.82) is 0 Å². The molecule has 4 bridgehead atoms. The minimum atomic E-state index is 0.253. The molecular formula is C28H40N2O4. The van der Waals surface area contributed by atoms with Crippen LogP contribution in [0.1, 0.15) is 53.9 Å². The van der Waals surface area contributed by atoms with Crippen molar-refractivity contribution in [3.8, 4) is 11.8 Å². The first kappa shape index (κ1) is 24.2. The van der Waals surface area contributed by atoms with Crippen LogP contribution in [0.15, 0.2) is 12.1 Å². The number of hydrogen-bond acceptors (Lipinski definition) is 6. The van der Waals surface area contributed by atoms with Gasteiger partial charge in [-0.2, -0.15) is 0 Å². The first-order chi connectivity index (χ1) is 16.6. The zero-order valence-corrected chi connectivity index (χ0v) is 20.7. The van der Waals surface area contributed by atoms with E-state index in [-0.39, 0.29) is 13.2 Å². The molecule has 2 unspecified atom stereocenters. The average Bonchev–Trinajstić information content (AvgIpc) is 2.88. The maximum atomic E-state index is 9.85. The number of nitrogens with zero attached hydrogens (tertiary/aromatic N) is 2. The summed E-state index contributed by atoms with van der Waals surface area (Å²) in [6.45, 7) is 5.77. The van der Waals surface area contributed by atoms with Gasteiger partial charge < -0.3 is 19.7 Å². The lowest BCUT2D eigenvalue weighted by Gasteiger charge is -2.50. The van der Waals surface area contributed by atoms with E-state index in [1.54, 1.807) is 14.2 Å². The Balaban J connectivity index is 1.50. The van der Waals surface area contributed by atoms with E-state index < -0.39 is 0 Å². The molecule has 7 rings (SSSR count). The molecule has 0 amide bonds. The standard InChI is InChI=1S/C28H40N2O4/c1-33-17-19-9-23(18-34-2)26(4-3-22-13-29-7-5-20(22)11-24(29)15-31)27(10-19)28-14-30-8-6-21(28)12-25(30)16-32/h9-10,20-22,24-25,28,31-32H,5-8,11-18H2,1-2H3/t20-,21-,22-,24+,25+,28-/m0/s1. The van der Waals surface area contributed by atoms with Gasteiger partial charge in [-0.1, -0.05) is 17.9 Å². The van der Waals surface area contributed by atoms with Crippen LogP contribution < -0.4 is 0 Å². The molecule has 186 valence electrons. The normalized spacial score (nSPS) is 36.4. The van der Waals surface area contributed by atoms with Crippen LogP contribution in [0.25, 0.3) is 0 Å². The second-order valence-electron chi connectivity index (χ2n) is 10.8. The van der Waals surface area contributed by atoms with Crippen molar-refractivity contribution in [2.75, 3.05) is 53.6 Å². The van der Waals surface area contributed by atoms with Crippen LogP contribution in [0.4, 0.5) is 0 Å². The van der Waals surface area contributed by atoms with Crippen molar-refractivity contribution in [2.24, 2.45) is 17.8 Å². The van der Waals surface area contributed by atoms with Crippen molar-refractivity contribution in [2.45, 2.75) is 56.9 Å². The summed E-state index contributed by atoms with van der Waals surface area (Å²) >= 11 is 0. The lowest BCUT2D eigenvalue weighted by atomic mass is 9.71. The molecule has 0 spiro atoms. The topological polar surface area (TPSA) is 65.4 Å². The summed E-state index contributed by atoms with van der Waals surface area (Å²) in [6, 6.07) is 5.15. The molecule has 0 aliphatic carbocycles. The largest absolute Gasteiger partial charge is 0.395 e. The van der Waals surface area contributed by atoms with Gasteiger partial charge in [0.25, 0.3) is 0 Å². The molecule has 6 aliphatic heterocycles. The van der Waals surface area contributed by atoms with E-state index in [9.17, 15) is 10.2 Å². The molecule has 0 aromatic heterocycles. The highest BCUT2D eigenvalue weighted by Crippen LogP contribution is 2.44. The fourth-order valence-corrected chi connectivity index (χ4v) is 7.10. The van der Waals surface area contributed by atoms with Crippen LogP contribution >= 0.6 is 0 Å². The van der Waals surface area contributed by atoms with E-state index in [1.807, 2.05) is 0 Å². The third kappa shape index (κ3) is 4.67. The first-order valence-electron chi connectivity index (χ1n) is 13.0. The van der Waals surface area contributed by atoms with E-state index in [0.29, 0.717) is 49.0 Å². The highest BCUT2D eigenvalue weighted by atomic mass is 16.5. The second kappa shape index (κ2) is 10.7. The van der Waals surface area contributed by atoms with E-state index in [4.69, 9.17) is 9.47 Å². The molecular weight excluding hydrogens is 428 g/mol. The Kier molecular flexibility index (Phi) is 7.60. The van der Waals surface area contributed by atoms with Gasteiger partial charge in [0.2, 0.25) is 0 Å². The predicted octanol–water partition coefficient (Wildman–Crippen LogP) is 2.20. The maximum absolute atomic E-state index is 9.85. The van der Waals surface area contributed by atoms with Gasteiger partial charge >= 0.3 is 0 Å². The van der Waals surface area contributed by atoms with Crippen molar-refractivity contribution in [3.63, 3.8) is 0 Å². The Hall–Kier alpha value is -1.46. The van der Waals surface area contributed by atoms with Crippen LogP contribution in [0, 0.1) is 29.6 Å². The molecule has 2 N–H and O–H groups in total. The van der Waals surface area contributed by atoms with E-state index >= 15 is 0 Å². The summed E-state index contributed by atoms with van der Waals surface area (Å²) in [4.78, 5) is 4.91. The number of benzene rings is 1. The number of aliphatic hydroxyl groups is 2. The van der Waals surface area contributed by atoms with Crippen LogP contribution in [0.5, 0.6) is 0 Å². The number of ether oxygens (including phenoxy) is 2. The molecule has 6 fully saturated rings. The average molecular weight is 469 g/mol. The maximum Gasteiger partial charge on any atom is 0.0725 e. The van der Waals surface area contributed by atoms with Gasteiger partial charge in [0.05, 0.1) is 26.4 Å². The predicted molar refractivity (Wildman–Crippen MR) is 131 cm³/mol. The van der Waals surface area contributed by atoms with E-state index in [2.05, 4.69) is 33.8 Å². The van der Waals surface area contributed by atoms with Gasteiger partial charge in [-0.25, -0.2) is 0 Å². The van der Waals surface area contributed by atoms with E-state index in [1.165, 1.54) is 24.0 Å². The van der Waals surface area contributed by atoms with Crippen molar-refractivity contribution in [1.82, 2.24) is 9.80 Å². The number of fused-ring (bicyclic) bond motifs is 6. The fourth-order valence-electron chi connectivity index (χ4n) is 7.10. The summed E-state index contributed by atoms with van der Waals surface area (Å²) in [7, 11) is 3.50. The molecule has 6 nitrogen and oxygen atoms in total. The Morgan fingerprint density at radius 2 is 1.59 bits per heavy atom. The minimum absolute atomic E-state index is 0.253. The molecule has 1 aromatic carbocycles. The van der Waals surface area contributed by atoms with Crippen molar-refractivity contribution >= 4 is 0 Å². The smallest absolute Gasteiger partial charge is 0.0725 e. The first-order valence-corrected chi connectivity index (χ1v) is 13.0. The minimum Gasteiger partial charge on any atom is -0.395 e. The summed E-state index contributed by atoms with van der Waals surface area (Å²) in [5.74, 6) is 9.33. The molecule has 6 aliphatic rings. The quantitative estimate of drug-likeness (QED) is 0.599. The van der Waals surface area contributed by atoms with Crippen LogP contribution in [-0.4, -0.2) is 85.7 Å². The number of methoxy groups -OCH3 is 2. The van der Waals surface area contributed by atoms with Crippen molar-refractivity contribution < 1.29 is 19.7 Å². The number of hydrogen-bond donors (Lipinski definition) is 2. The van der Waals surface area contributed by atoms with Crippen molar-refractivity contribution in [3.05, 3.63) is 34.4 Å². The van der Waals surface area contributed by atoms with Gasteiger partial charge in [0.1, 0.15) is 0 Å². The molecule has 0 radical (unpaired) electrons. The zero-order chi connectivity index (χ0) is 23.7. The lowest BCUT2D eigenvalue weighted by molar-refractivity contribution is -0.00371. The summed E-state index contributed by atoms with van der Waals surface area (Å²) in [5, 5.41) is 19.6. The molecule has 34 heavy (non-hydrogen) atoms. The summed E-state index contributed by atoms with van der Waals surface area (Å²) < 4.78 is 11.1.